The van der Waals surface area contributed by atoms with E-state index in [9.17, 15) is 22.8 Å². The minimum atomic E-state index is -4.48. The number of amides is 2. The number of carbonyl (C=O) groups is 2. The van der Waals surface area contributed by atoms with Gasteiger partial charge in [-0.05, 0) is 64.0 Å². The number of piperidine rings is 1. The van der Waals surface area contributed by atoms with Crippen molar-refractivity contribution in [3.63, 3.8) is 0 Å². The number of nitrogens with zero attached hydrogens (tertiary/aromatic N) is 4. The number of aromatic nitrogens is 2. The molecule has 3 aliphatic rings. The number of hydrogen-bond acceptors (Lipinski definition) is 4. The van der Waals surface area contributed by atoms with Gasteiger partial charge in [0.25, 0.3) is 5.91 Å². The van der Waals surface area contributed by atoms with Gasteiger partial charge in [-0.25, -0.2) is 0 Å². The van der Waals surface area contributed by atoms with Gasteiger partial charge in [0.1, 0.15) is 0 Å². The Balaban J connectivity index is 1.39. The van der Waals surface area contributed by atoms with Gasteiger partial charge in [0, 0.05) is 25.6 Å². The Morgan fingerprint density at radius 1 is 1.00 bits per heavy atom. The van der Waals surface area contributed by atoms with Crippen LogP contribution in [0.3, 0.4) is 0 Å². The lowest BCUT2D eigenvalue weighted by Gasteiger charge is -2.36. The first kappa shape index (κ1) is 25.8. The molecule has 2 aliphatic heterocycles. The molecule has 200 valence electrons. The molecule has 2 saturated heterocycles. The van der Waals surface area contributed by atoms with Gasteiger partial charge in [0.15, 0.2) is 0 Å². The molecular weight excluding hydrogens is 483 g/mol. The summed E-state index contributed by atoms with van der Waals surface area (Å²) in [5.74, 6) is -0.0957. The van der Waals surface area contributed by atoms with Crippen LogP contribution in [0.15, 0.2) is 30.5 Å². The predicted molar refractivity (Wildman–Crippen MR) is 132 cm³/mol. The zero-order chi connectivity index (χ0) is 26.5. The molecule has 1 unspecified atom stereocenters. The highest BCUT2D eigenvalue weighted by atomic mass is 19.4. The third-order valence-electron chi connectivity index (χ3n) is 7.82. The smallest absolute Gasteiger partial charge is 0.341 e. The van der Waals surface area contributed by atoms with E-state index in [1.165, 1.54) is 12.1 Å². The molecule has 1 atom stereocenters. The van der Waals surface area contributed by atoms with E-state index in [0.717, 1.165) is 24.6 Å². The van der Waals surface area contributed by atoms with Crippen molar-refractivity contribution in [2.75, 3.05) is 19.6 Å². The van der Waals surface area contributed by atoms with Crippen LogP contribution in [0.1, 0.15) is 97.6 Å². The fourth-order valence-corrected chi connectivity index (χ4v) is 5.85. The minimum Gasteiger partial charge on any atom is -0.341 e. The highest BCUT2D eigenvalue weighted by Gasteiger charge is 2.42. The topological polar surface area (TPSA) is 84.5 Å². The maximum absolute atomic E-state index is 13.8. The number of nitrogens with two attached hydrogens (primary N) is 1. The number of alkyl halides is 3. The average Bonchev–Trinajstić information content (AvgIpc) is 3.40. The number of likely N-dealkylation sites (tertiary alicyclic amines) is 2. The molecule has 0 spiro atoms. The molecule has 0 bridgehead atoms. The van der Waals surface area contributed by atoms with Crippen molar-refractivity contribution in [3.8, 4) is 0 Å². The molecule has 2 aromatic rings. The van der Waals surface area contributed by atoms with Crippen molar-refractivity contribution in [2.45, 2.75) is 82.1 Å². The van der Waals surface area contributed by atoms with E-state index >= 15 is 0 Å². The summed E-state index contributed by atoms with van der Waals surface area (Å²) in [7, 11) is 0. The SMILES string of the molecule is CC(C)(N)C(=O)N1CCC(n2ncc(C(=O)N3CCCC3c3ccccc3C(F)(F)F)c2C2CC2)CC1. The van der Waals surface area contributed by atoms with Gasteiger partial charge in [-0.15, -0.1) is 0 Å². The molecule has 2 N–H and O–H groups in total. The molecule has 3 heterocycles. The van der Waals surface area contributed by atoms with Crippen LogP contribution in [0.4, 0.5) is 13.2 Å². The van der Waals surface area contributed by atoms with Crippen LogP contribution < -0.4 is 5.73 Å². The van der Waals surface area contributed by atoms with Gasteiger partial charge in [0.05, 0.1) is 40.6 Å². The predicted octanol–water partition coefficient (Wildman–Crippen LogP) is 4.66. The third kappa shape index (κ3) is 5.00. The summed E-state index contributed by atoms with van der Waals surface area (Å²) >= 11 is 0. The molecule has 3 fully saturated rings. The molecule has 5 rings (SSSR count). The maximum atomic E-state index is 13.8. The average molecular weight is 518 g/mol. The quantitative estimate of drug-likeness (QED) is 0.626. The second-order valence-corrected chi connectivity index (χ2v) is 11.1. The first-order valence-corrected chi connectivity index (χ1v) is 13.1. The van der Waals surface area contributed by atoms with Gasteiger partial charge in [-0.3, -0.25) is 14.3 Å². The summed E-state index contributed by atoms with van der Waals surface area (Å²) in [4.78, 5) is 29.8. The van der Waals surface area contributed by atoms with Crippen molar-refractivity contribution in [1.29, 1.82) is 0 Å². The Hall–Kier alpha value is -2.88. The fraction of sp³-hybridized carbons (Fsp3) is 0.593. The highest BCUT2D eigenvalue weighted by Crippen LogP contribution is 2.45. The largest absolute Gasteiger partial charge is 0.416 e. The lowest BCUT2D eigenvalue weighted by molar-refractivity contribution is -0.139. The van der Waals surface area contributed by atoms with Crippen molar-refractivity contribution in [3.05, 3.63) is 52.8 Å². The van der Waals surface area contributed by atoms with E-state index in [2.05, 4.69) is 5.10 Å². The van der Waals surface area contributed by atoms with Gasteiger partial charge in [-0.2, -0.15) is 18.3 Å². The first-order valence-electron chi connectivity index (χ1n) is 13.1. The van der Waals surface area contributed by atoms with E-state index in [0.29, 0.717) is 50.9 Å². The Morgan fingerprint density at radius 2 is 1.68 bits per heavy atom. The second kappa shape index (κ2) is 9.45. The molecule has 2 amide bonds. The lowest BCUT2D eigenvalue weighted by atomic mass is 9.97. The van der Waals surface area contributed by atoms with Crippen molar-refractivity contribution < 1.29 is 22.8 Å². The van der Waals surface area contributed by atoms with Gasteiger partial charge < -0.3 is 15.5 Å². The Labute approximate surface area is 214 Å². The number of carbonyl (C=O) groups excluding carboxylic acids is 2. The van der Waals surface area contributed by atoms with Crippen LogP contribution >= 0.6 is 0 Å². The summed E-state index contributed by atoms with van der Waals surface area (Å²) < 4.78 is 43.2. The minimum absolute atomic E-state index is 0.0578. The summed E-state index contributed by atoms with van der Waals surface area (Å²) in [5.41, 5.74) is 5.94. The summed E-state index contributed by atoms with van der Waals surface area (Å²) in [6.45, 7) is 4.97. The number of benzene rings is 1. The number of rotatable bonds is 5. The normalized spacial score (nSPS) is 21.5. The molecule has 7 nitrogen and oxygen atoms in total. The zero-order valence-corrected chi connectivity index (χ0v) is 21.3. The van der Waals surface area contributed by atoms with Crippen LogP contribution in [0.25, 0.3) is 0 Å². The van der Waals surface area contributed by atoms with E-state index in [-0.39, 0.29) is 29.3 Å². The Kier molecular flexibility index (Phi) is 6.58. The van der Waals surface area contributed by atoms with Crippen molar-refractivity contribution >= 4 is 11.8 Å². The van der Waals surface area contributed by atoms with E-state index in [4.69, 9.17) is 5.73 Å². The maximum Gasteiger partial charge on any atom is 0.416 e. The first-order chi connectivity index (χ1) is 17.5. The summed E-state index contributed by atoms with van der Waals surface area (Å²) in [5, 5.41) is 4.63. The number of halogens is 3. The van der Waals surface area contributed by atoms with Crippen LogP contribution in [0.2, 0.25) is 0 Å². The van der Waals surface area contributed by atoms with Crippen molar-refractivity contribution in [2.24, 2.45) is 5.73 Å². The molecule has 1 saturated carbocycles. The molecule has 1 aromatic heterocycles. The molecule has 37 heavy (non-hydrogen) atoms. The van der Waals surface area contributed by atoms with Gasteiger partial charge in [-0.1, -0.05) is 18.2 Å². The van der Waals surface area contributed by atoms with E-state index < -0.39 is 23.3 Å². The lowest BCUT2D eigenvalue weighted by Crippen LogP contribution is -2.53. The van der Waals surface area contributed by atoms with Crippen LogP contribution in [-0.2, 0) is 11.0 Å². The number of hydrogen-bond donors (Lipinski definition) is 1. The highest BCUT2D eigenvalue weighted by molar-refractivity contribution is 5.96. The van der Waals surface area contributed by atoms with E-state index in [1.54, 1.807) is 35.9 Å². The zero-order valence-electron chi connectivity index (χ0n) is 21.3. The molecular formula is C27H34F3N5O2. The molecule has 1 aromatic carbocycles. The van der Waals surface area contributed by atoms with Gasteiger partial charge in [0.2, 0.25) is 5.91 Å². The second-order valence-electron chi connectivity index (χ2n) is 11.1. The van der Waals surface area contributed by atoms with Gasteiger partial charge >= 0.3 is 6.18 Å². The summed E-state index contributed by atoms with van der Waals surface area (Å²) in [6.07, 6.45) is 1.62. The molecule has 10 heteroatoms. The fourth-order valence-electron chi connectivity index (χ4n) is 5.85. The standard InChI is InChI=1S/C27H34F3N5O2/c1-26(2,31)25(37)33-14-11-18(12-15-33)35-23(17-9-10-17)20(16-32-35)24(36)34-13-5-8-22(34)19-6-3-4-7-21(19)27(28,29)30/h3-4,6-7,16-18,22H,5,8-15,31H2,1-2H3. The third-order valence-corrected chi connectivity index (χ3v) is 7.82. The monoisotopic (exact) mass is 517 g/mol. The Bertz CT molecular complexity index is 1170. The van der Waals surface area contributed by atoms with E-state index in [1.807, 2.05) is 4.68 Å². The van der Waals surface area contributed by atoms with Crippen molar-refractivity contribution in [1.82, 2.24) is 19.6 Å². The Morgan fingerprint density at radius 3 is 2.30 bits per heavy atom. The summed E-state index contributed by atoms with van der Waals surface area (Å²) in [6, 6.07) is 5.00. The van der Waals surface area contributed by atoms with Crippen LogP contribution in [0, 0.1) is 0 Å². The van der Waals surface area contributed by atoms with Crippen LogP contribution in [-0.4, -0.2) is 56.6 Å². The molecule has 0 radical (unpaired) electrons. The molecule has 1 aliphatic carbocycles. The van der Waals surface area contributed by atoms with Crippen LogP contribution in [0.5, 0.6) is 0 Å².